The van der Waals surface area contributed by atoms with E-state index >= 15 is 0 Å². The van der Waals surface area contributed by atoms with Crippen molar-refractivity contribution in [1.82, 2.24) is 10.9 Å². The van der Waals surface area contributed by atoms with Crippen molar-refractivity contribution >= 4 is 36.2 Å². The van der Waals surface area contributed by atoms with Gasteiger partial charge >= 0.3 is 23.8 Å². The van der Waals surface area contributed by atoms with E-state index in [1.807, 2.05) is 10.9 Å². The smallest absolute Gasteiger partial charge is 0.336 e. The van der Waals surface area contributed by atoms with Gasteiger partial charge in [-0.25, -0.2) is 20.4 Å². The average Bonchev–Trinajstić information content (AvgIpc) is 3.58. The molecule has 4 N–H and O–H groups in total. The lowest BCUT2D eigenvalue weighted by Crippen LogP contribution is -2.35. The van der Waals surface area contributed by atoms with E-state index in [4.69, 9.17) is 8.83 Å². The Balaban J connectivity index is 1.31. The van der Waals surface area contributed by atoms with Gasteiger partial charge in [-0.3, -0.25) is 9.59 Å². The zero-order valence-corrected chi connectivity index (χ0v) is 19.3. The molecular formula is C26H18N4O8. The first-order valence-corrected chi connectivity index (χ1v) is 10.8. The lowest BCUT2D eigenvalue weighted by atomic mass is 10.1. The molecule has 4 rings (SSSR count). The molecule has 0 fully saturated rings. The molecule has 12 heteroatoms. The molecule has 12 nitrogen and oxygen atoms in total. The number of carbonyl (C=O) groups excluding carboxylic acids is 2. The number of nitrogens with zero attached hydrogens (tertiary/aromatic N) is 2. The Morgan fingerprint density at radius 1 is 0.605 bits per heavy atom. The van der Waals surface area contributed by atoms with Gasteiger partial charge in [-0.15, -0.1) is 0 Å². The van der Waals surface area contributed by atoms with Crippen molar-refractivity contribution in [3.8, 4) is 22.6 Å². The molecule has 2 aromatic carbocycles. The van der Waals surface area contributed by atoms with Crippen LogP contribution in [0, 0.1) is 0 Å². The number of furan rings is 2. The summed E-state index contributed by atoms with van der Waals surface area (Å²) in [6.07, 6.45) is 2.28. The highest BCUT2D eigenvalue weighted by Crippen LogP contribution is 2.26. The van der Waals surface area contributed by atoms with Gasteiger partial charge in [0, 0.05) is 11.1 Å². The molecule has 2 heterocycles. The van der Waals surface area contributed by atoms with Crippen LogP contribution in [0.15, 0.2) is 91.8 Å². The molecule has 0 saturated heterocycles. The van der Waals surface area contributed by atoms with Crippen molar-refractivity contribution in [2.45, 2.75) is 0 Å². The van der Waals surface area contributed by atoms with Gasteiger partial charge in [-0.05, 0) is 36.4 Å². The molecule has 2 aromatic heterocycles. The van der Waals surface area contributed by atoms with Crippen LogP contribution < -0.4 is 10.9 Å². The number of rotatable bonds is 8. The number of amides is 2. The molecule has 0 aliphatic heterocycles. The van der Waals surface area contributed by atoms with Crippen LogP contribution in [0.5, 0.6) is 0 Å². The highest BCUT2D eigenvalue weighted by molar-refractivity contribution is 6.35. The number of benzene rings is 2. The lowest BCUT2D eigenvalue weighted by molar-refractivity contribution is -0.139. The van der Waals surface area contributed by atoms with Crippen molar-refractivity contribution in [3.05, 3.63) is 95.4 Å². The summed E-state index contributed by atoms with van der Waals surface area (Å²) >= 11 is 0. The Hall–Kier alpha value is -5.78. The van der Waals surface area contributed by atoms with Crippen LogP contribution in [0.2, 0.25) is 0 Å². The number of nitrogens with one attached hydrogen (secondary N) is 2. The van der Waals surface area contributed by atoms with Crippen LogP contribution in [0.25, 0.3) is 22.6 Å². The molecule has 0 spiro atoms. The summed E-state index contributed by atoms with van der Waals surface area (Å²) in [5, 5.41) is 25.9. The number of aromatic carboxylic acids is 2. The summed E-state index contributed by atoms with van der Waals surface area (Å²) in [4.78, 5) is 46.6. The molecule has 0 aliphatic carbocycles. The highest BCUT2D eigenvalue weighted by atomic mass is 16.4. The predicted molar refractivity (Wildman–Crippen MR) is 134 cm³/mol. The molecule has 0 saturated carbocycles. The van der Waals surface area contributed by atoms with Crippen LogP contribution in [0.4, 0.5) is 0 Å². The van der Waals surface area contributed by atoms with Crippen molar-refractivity contribution < 1.29 is 38.2 Å². The number of carboxylic acids is 2. The molecule has 0 radical (unpaired) electrons. The zero-order chi connectivity index (χ0) is 27.1. The summed E-state index contributed by atoms with van der Waals surface area (Å²) in [5.74, 6) is -3.46. The lowest BCUT2D eigenvalue weighted by Gasteiger charge is -2.02. The summed E-state index contributed by atoms with van der Waals surface area (Å²) in [7, 11) is 0. The second-order valence-electron chi connectivity index (χ2n) is 7.50. The number of hydrogen-bond acceptors (Lipinski definition) is 8. The maximum Gasteiger partial charge on any atom is 0.336 e. The third-order valence-electron chi connectivity index (χ3n) is 5.02. The van der Waals surface area contributed by atoms with Gasteiger partial charge < -0.3 is 19.0 Å². The van der Waals surface area contributed by atoms with Gasteiger partial charge in [-0.2, -0.15) is 10.2 Å². The Morgan fingerprint density at radius 3 is 1.39 bits per heavy atom. The van der Waals surface area contributed by atoms with E-state index in [9.17, 15) is 29.4 Å². The highest BCUT2D eigenvalue weighted by Gasteiger charge is 2.15. The first-order chi connectivity index (χ1) is 18.3. The maximum absolute atomic E-state index is 11.9. The van der Waals surface area contributed by atoms with Gasteiger partial charge in [0.2, 0.25) is 0 Å². The topological polar surface area (TPSA) is 184 Å². The van der Waals surface area contributed by atoms with Gasteiger partial charge in [0.1, 0.15) is 23.0 Å². The van der Waals surface area contributed by atoms with Crippen molar-refractivity contribution in [2.75, 3.05) is 0 Å². The molecular weight excluding hydrogens is 496 g/mol. The van der Waals surface area contributed by atoms with Crippen LogP contribution >= 0.6 is 0 Å². The largest absolute Gasteiger partial charge is 0.478 e. The standard InChI is InChI=1S/C26H18N4O8/c31-23(29-27-13-15-9-11-21(37-15)17-5-1-3-7-19(17)25(33)34)24(32)30-28-14-16-10-12-22(38-16)18-6-2-4-8-20(18)26(35)36/h1-14H,(H,29,31)(H,30,32)(H,33,34)(H,35,36)/b27-13+,28-14?. The summed E-state index contributed by atoms with van der Waals surface area (Å²) in [5.41, 5.74) is 4.89. The van der Waals surface area contributed by atoms with E-state index in [-0.39, 0.29) is 34.2 Å². The predicted octanol–water partition coefficient (Wildman–Crippen LogP) is 3.20. The van der Waals surface area contributed by atoms with Gasteiger partial charge in [0.25, 0.3) is 0 Å². The monoisotopic (exact) mass is 514 g/mol. The summed E-state index contributed by atoms with van der Waals surface area (Å²) in [6.45, 7) is 0. The second kappa shape index (κ2) is 11.3. The number of hydrogen-bond donors (Lipinski definition) is 4. The van der Waals surface area contributed by atoms with Crippen molar-refractivity contribution in [3.63, 3.8) is 0 Å². The van der Waals surface area contributed by atoms with Crippen LogP contribution in [0.1, 0.15) is 32.2 Å². The Labute approximate surface area is 213 Å². The molecule has 0 aliphatic rings. The first-order valence-electron chi connectivity index (χ1n) is 10.8. The molecule has 2 amide bonds. The zero-order valence-electron chi connectivity index (χ0n) is 19.3. The van der Waals surface area contributed by atoms with Crippen LogP contribution in [-0.4, -0.2) is 46.4 Å². The minimum Gasteiger partial charge on any atom is -0.478 e. The first kappa shape index (κ1) is 25.3. The minimum absolute atomic E-state index is 0.0618. The SMILES string of the molecule is O=C(NN=Cc1ccc(-c2ccccc2C(=O)O)o1)C(=O)N/N=C/c1ccc(-c2ccccc2C(=O)O)o1. The third kappa shape index (κ3) is 5.88. The fourth-order valence-corrected chi connectivity index (χ4v) is 3.31. The quantitative estimate of drug-likeness (QED) is 0.157. The molecule has 0 bridgehead atoms. The number of carboxylic acid groups (broad SMARTS) is 2. The summed E-state index contributed by atoms with van der Waals surface area (Å²) < 4.78 is 11.1. The van der Waals surface area contributed by atoms with E-state index in [1.54, 1.807) is 48.5 Å². The minimum atomic E-state index is -1.11. The molecule has 4 aromatic rings. The van der Waals surface area contributed by atoms with Crippen molar-refractivity contribution in [1.29, 1.82) is 0 Å². The fourth-order valence-electron chi connectivity index (χ4n) is 3.31. The number of carbonyl (C=O) groups is 4. The van der Waals surface area contributed by atoms with E-state index < -0.39 is 23.8 Å². The molecule has 0 unspecified atom stereocenters. The molecule has 38 heavy (non-hydrogen) atoms. The van der Waals surface area contributed by atoms with Gasteiger partial charge in [0.05, 0.1) is 23.6 Å². The van der Waals surface area contributed by atoms with E-state index in [0.29, 0.717) is 11.1 Å². The van der Waals surface area contributed by atoms with Gasteiger partial charge in [0.15, 0.2) is 0 Å². The fraction of sp³-hybridized carbons (Fsp3) is 0. The maximum atomic E-state index is 11.9. The van der Waals surface area contributed by atoms with E-state index in [1.165, 1.54) is 24.3 Å². The Morgan fingerprint density at radius 2 is 1.00 bits per heavy atom. The Kier molecular flexibility index (Phi) is 7.53. The Bertz CT molecular complexity index is 1460. The molecule has 190 valence electrons. The second-order valence-corrected chi connectivity index (χ2v) is 7.50. The third-order valence-corrected chi connectivity index (χ3v) is 5.02. The average molecular weight is 514 g/mol. The van der Waals surface area contributed by atoms with Gasteiger partial charge in [-0.1, -0.05) is 36.4 Å². The van der Waals surface area contributed by atoms with Crippen LogP contribution in [-0.2, 0) is 9.59 Å². The number of hydrazone groups is 2. The van der Waals surface area contributed by atoms with Crippen LogP contribution in [0.3, 0.4) is 0 Å². The van der Waals surface area contributed by atoms with E-state index in [0.717, 1.165) is 12.4 Å². The molecule has 0 atom stereocenters. The normalized spacial score (nSPS) is 11.1. The summed E-state index contributed by atoms with van der Waals surface area (Å²) in [6, 6.07) is 18.7. The van der Waals surface area contributed by atoms with Crippen molar-refractivity contribution in [2.24, 2.45) is 10.2 Å². The van der Waals surface area contributed by atoms with E-state index in [2.05, 4.69) is 10.2 Å².